The van der Waals surface area contributed by atoms with Gasteiger partial charge in [-0.3, -0.25) is 4.79 Å². The predicted octanol–water partition coefficient (Wildman–Crippen LogP) is 3.35. The quantitative estimate of drug-likeness (QED) is 0.861. The maximum Gasteiger partial charge on any atom is 0.141 e. The van der Waals surface area contributed by atoms with E-state index in [1.165, 1.54) is 0 Å². The van der Waals surface area contributed by atoms with Gasteiger partial charge in [-0.2, -0.15) is 0 Å². The molecule has 94 valence electrons. The van der Waals surface area contributed by atoms with Crippen LogP contribution in [0.2, 0.25) is 10.0 Å². The lowest BCUT2D eigenvalue weighted by atomic mass is 9.99. The molecule has 0 saturated heterocycles. The second-order valence-electron chi connectivity index (χ2n) is 4.06. The third-order valence-electron chi connectivity index (χ3n) is 2.65. The number of Topliss-reactive ketones (excluding diaryl/α,β-unsaturated/α-hetero) is 1. The molecule has 0 aliphatic rings. The zero-order valence-electron chi connectivity index (χ0n) is 10.1. The van der Waals surface area contributed by atoms with Crippen LogP contribution in [0, 0.1) is 5.92 Å². The Morgan fingerprint density at radius 2 is 2.12 bits per heavy atom. The minimum Gasteiger partial charge on any atom is -0.316 e. The molecule has 1 unspecified atom stereocenters. The summed E-state index contributed by atoms with van der Waals surface area (Å²) < 4.78 is 0. The van der Waals surface area contributed by atoms with E-state index in [1.54, 1.807) is 6.07 Å². The first kappa shape index (κ1) is 14.5. The van der Waals surface area contributed by atoms with E-state index in [9.17, 15) is 4.79 Å². The predicted molar refractivity (Wildman–Crippen MR) is 72.9 cm³/mol. The molecule has 0 fully saturated rings. The minimum atomic E-state index is -0.00926. The summed E-state index contributed by atoms with van der Waals surface area (Å²) in [6.07, 6.45) is 0.339. The number of nitrogens with one attached hydrogen (secondary N) is 1. The second-order valence-corrected chi connectivity index (χ2v) is 4.85. The van der Waals surface area contributed by atoms with E-state index in [1.807, 2.05) is 26.0 Å². The summed E-state index contributed by atoms with van der Waals surface area (Å²) in [5.41, 5.74) is 0.799. The van der Waals surface area contributed by atoms with E-state index >= 15 is 0 Å². The summed E-state index contributed by atoms with van der Waals surface area (Å²) in [6.45, 7) is 5.51. The fourth-order valence-electron chi connectivity index (χ4n) is 1.52. The molecule has 1 N–H and O–H groups in total. The van der Waals surface area contributed by atoms with E-state index < -0.39 is 0 Å². The van der Waals surface area contributed by atoms with Crippen LogP contribution in [0.1, 0.15) is 19.4 Å². The van der Waals surface area contributed by atoms with E-state index in [0.717, 1.165) is 12.1 Å². The molecule has 0 radical (unpaired) electrons. The van der Waals surface area contributed by atoms with Crippen molar-refractivity contribution in [1.82, 2.24) is 5.32 Å². The molecular weight excluding hydrogens is 257 g/mol. The number of rotatable bonds is 6. The van der Waals surface area contributed by atoms with Crippen molar-refractivity contribution >= 4 is 29.0 Å². The van der Waals surface area contributed by atoms with Gasteiger partial charge in [0, 0.05) is 18.9 Å². The van der Waals surface area contributed by atoms with Crippen molar-refractivity contribution in [3.63, 3.8) is 0 Å². The Bertz CT molecular complexity index is 393. The van der Waals surface area contributed by atoms with Gasteiger partial charge < -0.3 is 5.32 Å². The number of benzene rings is 1. The summed E-state index contributed by atoms with van der Waals surface area (Å²) in [5.74, 6) is 0.167. The van der Waals surface area contributed by atoms with E-state index in [4.69, 9.17) is 23.2 Å². The van der Waals surface area contributed by atoms with Crippen LogP contribution in [-0.4, -0.2) is 18.9 Å². The first-order chi connectivity index (χ1) is 8.06. The Labute approximate surface area is 112 Å². The average molecular weight is 274 g/mol. The molecule has 1 aromatic rings. The molecular formula is C13H17Cl2NO. The van der Waals surface area contributed by atoms with Crippen LogP contribution < -0.4 is 5.32 Å². The molecule has 17 heavy (non-hydrogen) atoms. The third-order valence-corrected chi connectivity index (χ3v) is 3.50. The largest absolute Gasteiger partial charge is 0.316 e. The van der Waals surface area contributed by atoms with Crippen molar-refractivity contribution in [3.8, 4) is 0 Å². The molecule has 0 spiro atoms. The SMILES string of the molecule is CCNCC(C)C(=O)Cc1cccc(Cl)c1Cl. The molecule has 1 atom stereocenters. The Hall–Kier alpha value is -0.570. The van der Waals surface area contributed by atoms with Gasteiger partial charge in [0.1, 0.15) is 5.78 Å². The number of carbonyl (C=O) groups excluding carboxylic acids is 1. The molecule has 0 bridgehead atoms. The highest BCUT2D eigenvalue weighted by Gasteiger charge is 2.15. The van der Waals surface area contributed by atoms with Crippen molar-refractivity contribution < 1.29 is 4.79 Å². The van der Waals surface area contributed by atoms with Gasteiger partial charge in [0.25, 0.3) is 0 Å². The van der Waals surface area contributed by atoms with Crippen molar-refractivity contribution in [3.05, 3.63) is 33.8 Å². The average Bonchev–Trinajstić information content (AvgIpc) is 2.31. The van der Waals surface area contributed by atoms with Gasteiger partial charge in [-0.25, -0.2) is 0 Å². The molecule has 0 aliphatic heterocycles. The molecule has 0 saturated carbocycles. The Balaban J connectivity index is 2.64. The van der Waals surface area contributed by atoms with Gasteiger partial charge in [0.15, 0.2) is 0 Å². The van der Waals surface area contributed by atoms with E-state index in [0.29, 0.717) is 23.0 Å². The molecule has 1 rings (SSSR count). The lowest BCUT2D eigenvalue weighted by Gasteiger charge is -2.11. The molecule has 1 aromatic carbocycles. The topological polar surface area (TPSA) is 29.1 Å². The van der Waals surface area contributed by atoms with Crippen molar-refractivity contribution in [2.45, 2.75) is 20.3 Å². The Kier molecular flexibility index (Phi) is 5.96. The number of hydrogen-bond acceptors (Lipinski definition) is 2. The van der Waals surface area contributed by atoms with E-state index in [2.05, 4.69) is 5.32 Å². The van der Waals surface area contributed by atoms with Crippen LogP contribution in [-0.2, 0) is 11.2 Å². The maximum atomic E-state index is 11.9. The molecule has 4 heteroatoms. The van der Waals surface area contributed by atoms with Crippen molar-refractivity contribution in [1.29, 1.82) is 0 Å². The lowest BCUT2D eigenvalue weighted by molar-refractivity contribution is -0.121. The number of ketones is 1. The fourth-order valence-corrected chi connectivity index (χ4v) is 1.91. The third kappa shape index (κ3) is 4.30. The summed E-state index contributed by atoms with van der Waals surface area (Å²) in [7, 11) is 0. The molecule has 0 aliphatic carbocycles. The van der Waals surface area contributed by atoms with Crippen LogP contribution in [0.4, 0.5) is 0 Å². The normalized spacial score (nSPS) is 12.5. The van der Waals surface area contributed by atoms with Crippen molar-refractivity contribution in [2.24, 2.45) is 5.92 Å². The van der Waals surface area contributed by atoms with Gasteiger partial charge >= 0.3 is 0 Å². The second kappa shape index (κ2) is 7.00. The first-order valence-corrected chi connectivity index (χ1v) is 6.48. The Morgan fingerprint density at radius 3 is 2.76 bits per heavy atom. The zero-order chi connectivity index (χ0) is 12.8. The van der Waals surface area contributed by atoms with E-state index in [-0.39, 0.29) is 11.7 Å². The highest BCUT2D eigenvalue weighted by Crippen LogP contribution is 2.26. The summed E-state index contributed by atoms with van der Waals surface area (Å²) in [6, 6.07) is 5.37. The minimum absolute atomic E-state index is 0.00926. The molecule has 0 amide bonds. The summed E-state index contributed by atoms with van der Waals surface area (Å²) in [5, 5.41) is 4.14. The van der Waals surface area contributed by atoms with Gasteiger partial charge in [-0.05, 0) is 18.2 Å². The monoisotopic (exact) mass is 273 g/mol. The summed E-state index contributed by atoms with van der Waals surface area (Å²) >= 11 is 12.0. The molecule has 2 nitrogen and oxygen atoms in total. The van der Waals surface area contributed by atoms with Crippen LogP contribution in [0.25, 0.3) is 0 Å². The fraction of sp³-hybridized carbons (Fsp3) is 0.462. The smallest absolute Gasteiger partial charge is 0.141 e. The van der Waals surface area contributed by atoms with Crippen LogP contribution in [0.5, 0.6) is 0 Å². The van der Waals surface area contributed by atoms with Gasteiger partial charge in [0.2, 0.25) is 0 Å². The van der Waals surface area contributed by atoms with Crippen LogP contribution in [0.15, 0.2) is 18.2 Å². The standard InChI is InChI=1S/C13H17Cl2NO/c1-3-16-8-9(2)12(17)7-10-5-4-6-11(14)13(10)15/h4-6,9,16H,3,7-8H2,1-2H3. The van der Waals surface area contributed by atoms with Crippen molar-refractivity contribution in [2.75, 3.05) is 13.1 Å². The van der Waals surface area contributed by atoms with Gasteiger partial charge in [-0.15, -0.1) is 0 Å². The van der Waals surface area contributed by atoms with Crippen LogP contribution in [0.3, 0.4) is 0 Å². The highest BCUT2D eigenvalue weighted by molar-refractivity contribution is 6.42. The number of halogens is 2. The zero-order valence-corrected chi connectivity index (χ0v) is 11.6. The first-order valence-electron chi connectivity index (χ1n) is 5.72. The van der Waals surface area contributed by atoms with Gasteiger partial charge in [0.05, 0.1) is 10.0 Å². The number of carbonyl (C=O) groups is 1. The van der Waals surface area contributed by atoms with Crippen LogP contribution >= 0.6 is 23.2 Å². The highest BCUT2D eigenvalue weighted by atomic mass is 35.5. The lowest BCUT2D eigenvalue weighted by Crippen LogP contribution is -2.27. The maximum absolute atomic E-state index is 11.9. The molecule has 0 aromatic heterocycles. The Morgan fingerprint density at radius 1 is 1.41 bits per heavy atom. The molecule has 0 heterocycles. The number of hydrogen-bond donors (Lipinski definition) is 1. The summed E-state index contributed by atoms with van der Waals surface area (Å²) in [4.78, 5) is 11.9. The van der Waals surface area contributed by atoms with Gasteiger partial charge in [-0.1, -0.05) is 49.2 Å².